The van der Waals surface area contributed by atoms with Gasteiger partial charge >= 0.3 is 0 Å². The lowest BCUT2D eigenvalue weighted by Gasteiger charge is -2.53. The Bertz CT molecular complexity index is 999. The van der Waals surface area contributed by atoms with Gasteiger partial charge in [-0.2, -0.15) is 0 Å². The smallest absolute Gasteiger partial charge is 0.224 e. The highest BCUT2D eigenvalue weighted by molar-refractivity contribution is 5.85. The number of pyridine rings is 1. The molecule has 2 fully saturated rings. The van der Waals surface area contributed by atoms with Crippen LogP contribution in [0.3, 0.4) is 0 Å². The minimum Gasteiger partial charge on any atom is -0.474 e. The molecular formula is C28H44N4O3. The number of aliphatic hydroxyl groups excluding tert-OH is 1. The van der Waals surface area contributed by atoms with Crippen LogP contribution in [0, 0.1) is 5.92 Å². The minimum absolute atomic E-state index is 0.0340. The van der Waals surface area contributed by atoms with Gasteiger partial charge in [0.2, 0.25) is 5.88 Å². The van der Waals surface area contributed by atoms with Crippen molar-refractivity contribution >= 4 is 10.9 Å². The summed E-state index contributed by atoms with van der Waals surface area (Å²) in [6, 6.07) is 0. The number of ether oxygens (including phenoxy) is 2. The van der Waals surface area contributed by atoms with E-state index in [9.17, 15) is 5.11 Å². The van der Waals surface area contributed by atoms with Crippen LogP contribution in [-0.4, -0.2) is 69.0 Å². The fraction of sp³-hybridized carbons (Fsp3) is 0.750. The van der Waals surface area contributed by atoms with E-state index < -0.39 is 0 Å². The highest BCUT2D eigenvalue weighted by Crippen LogP contribution is 2.41. The second kappa shape index (κ2) is 10.3. The zero-order chi connectivity index (χ0) is 25.4. The van der Waals surface area contributed by atoms with E-state index in [4.69, 9.17) is 24.4 Å². The van der Waals surface area contributed by atoms with Gasteiger partial charge in [0.05, 0.1) is 17.0 Å². The minimum atomic E-state index is -0.190. The molecule has 0 spiro atoms. The van der Waals surface area contributed by atoms with Gasteiger partial charge in [0.25, 0.3) is 0 Å². The first kappa shape index (κ1) is 26.2. The van der Waals surface area contributed by atoms with E-state index in [0.717, 1.165) is 67.2 Å². The second-order valence-electron chi connectivity index (χ2n) is 12.2. The first-order valence-corrected chi connectivity index (χ1v) is 13.2. The molecule has 1 aliphatic carbocycles. The van der Waals surface area contributed by atoms with Gasteiger partial charge in [-0.3, -0.25) is 4.90 Å². The lowest BCUT2D eigenvalue weighted by Crippen LogP contribution is -2.60. The summed E-state index contributed by atoms with van der Waals surface area (Å²) in [6.07, 6.45) is 9.96. The van der Waals surface area contributed by atoms with Crippen LogP contribution in [0.4, 0.5) is 0 Å². The fourth-order valence-electron chi connectivity index (χ4n) is 6.11. The first-order valence-electron chi connectivity index (χ1n) is 13.2. The maximum absolute atomic E-state index is 10.0. The van der Waals surface area contributed by atoms with Crippen molar-refractivity contribution in [1.82, 2.24) is 19.9 Å². The van der Waals surface area contributed by atoms with E-state index in [1.165, 1.54) is 0 Å². The standard InChI is InChI=1S/C28H44N4O3/c1-18(17-34-7)12-24-29-16-23-25(31-24)22(19-8-10-20(33)11-9-19)15-30-26(23)35-21-13-27(2,3)32(6)28(4,5)14-21/h15-16,18-21,33H,8-14,17H2,1-7H3/t18-,19?,20?/m1/s1. The molecule has 3 heterocycles. The second-order valence-corrected chi connectivity index (χ2v) is 12.2. The number of hydrogen-bond acceptors (Lipinski definition) is 7. The van der Waals surface area contributed by atoms with Crippen molar-refractivity contribution in [1.29, 1.82) is 0 Å². The number of rotatable bonds is 7. The molecule has 0 aromatic carbocycles. The van der Waals surface area contributed by atoms with Gasteiger partial charge in [-0.15, -0.1) is 0 Å². The zero-order valence-corrected chi connectivity index (χ0v) is 22.7. The van der Waals surface area contributed by atoms with Crippen LogP contribution >= 0.6 is 0 Å². The van der Waals surface area contributed by atoms with E-state index >= 15 is 0 Å². The molecule has 0 radical (unpaired) electrons. The van der Waals surface area contributed by atoms with Crippen molar-refractivity contribution < 1.29 is 14.6 Å². The molecular weight excluding hydrogens is 440 g/mol. The maximum Gasteiger partial charge on any atom is 0.224 e. The van der Waals surface area contributed by atoms with Gasteiger partial charge in [0, 0.05) is 62.0 Å². The summed E-state index contributed by atoms with van der Waals surface area (Å²) in [7, 11) is 3.94. The maximum atomic E-state index is 10.0. The van der Waals surface area contributed by atoms with Crippen LogP contribution in [0.15, 0.2) is 12.4 Å². The third kappa shape index (κ3) is 5.78. The lowest BCUT2D eigenvalue weighted by molar-refractivity contribution is -0.0563. The average Bonchev–Trinajstić information content (AvgIpc) is 2.78. The van der Waals surface area contributed by atoms with Gasteiger partial charge in [-0.25, -0.2) is 15.0 Å². The topological polar surface area (TPSA) is 80.6 Å². The Kier molecular flexibility index (Phi) is 7.70. The number of methoxy groups -OCH3 is 1. The fourth-order valence-corrected chi connectivity index (χ4v) is 6.11. The molecule has 7 heteroatoms. The number of aliphatic hydroxyl groups is 1. The number of likely N-dealkylation sites (tertiary alicyclic amines) is 1. The summed E-state index contributed by atoms with van der Waals surface area (Å²) >= 11 is 0. The van der Waals surface area contributed by atoms with E-state index in [0.29, 0.717) is 24.3 Å². The Balaban J connectivity index is 1.68. The van der Waals surface area contributed by atoms with E-state index in [2.05, 4.69) is 46.6 Å². The molecule has 4 rings (SSSR count). The van der Waals surface area contributed by atoms with E-state index in [-0.39, 0.29) is 23.3 Å². The molecule has 0 bridgehead atoms. The average molecular weight is 485 g/mol. The molecule has 2 aromatic heterocycles. The molecule has 1 N–H and O–H groups in total. The highest BCUT2D eigenvalue weighted by atomic mass is 16.5. The first-order chi connectivity index (χ1) is 16.5. The van der Waals surface area contributed by atoms with Crippen molar-refractivity contribution in [2.45, 2.75) is 109 Å². The monoisotopic (exact) mass is 484 g/mol. The van der Waals surface area contributed by atoms with Crippen LogP contribution in [0.5, 0.6) is 5.88 Å². The Hall–Kier alpha value is -1.83. The van der Waals surface area contributed by atoms with Gasteiger partial charge < -0.3 is 14.6 Å². The molecule has 2 aromatic rings. The quantitative estimate of drug-likeness (QED) is 0.599. The Morgan fingerprint density at radius 3 is 2.34 bits per heavy atom. The predicted molar refractivity (Wildman–Crippen MR) is 139 cm³/mol. The van der Waals surface area contributed by atoms with Gasteiger partial charge in [-0.05, 0) is 72.3 Å². The highest BCUT2D eigenvalue weighted by Gasteiger charge is 2.44. The lowest BCUT2D eigenvalue weighted by atomic mass is 9.79. The molecule has 1 atom stereocenters. The van der Waals surface area contributed by atoms with Crippen LogP contribution in [0.2, 0.25) is 0 Å². The molecule has 1 saturated heterocycles. The van der Waals surface area contributed by atoms with Gasteiger partial charge in [-0.1, -0.05) is 6.92 Å². The SMILES string of the molecule is COC[C@H](C)Cc1ncc2c(OC3CC(C)(C)N(C)C(C)(C)C3)ncc(C3CCC(O)CC3)c2n1. The van der Waals surface area contributed by atoms with Gasteiger partial charge in [0.1, 0.15) is 11.9 Å². The number of hydrogen-bond donors (Lipinski definition) is 1. The number of nitrogens with zero attached hydrogens (tertiary/aromatic N) is 4. The van der Waals surface area contributed by atoms with E-state index in [1.54, 1.807) is 7.11 Å². The number of fused-ring (bicyclic) bond motifs is 1. The van der Waals surface area contributed by atoms with Crippen molar-refractivity contribution in [2.24, 2.45) is 5.92 Å². The normalized spacial score (nSPS) is 26.1. The van der Waals surface area contributed by atoms with Crippen LogP contribution in [0.25, 0.3) is 10.9 Å². The molecule has 35 heavy (non-hydrogen) atoms. The molecule has 1 aliphatic heterocycles. The predicted octanol–water partition coefficient (Wildman–Crippen LogP) is 4.90. The molecule has 0 amide bonds. The third-order valence-electron chi connectivity index (χ3n) is 8.33. The third-order valence-corrected chi connectivity index (χ3v) is 8.33. The number of piperidine rings is 1. The van der Waals surface area contributed by atoms with Crippen molar-refractivity contribution in [3.63, 3.8) is 0 Å². The summed E-state index contributed by atoms with van der Waals surface area (Å²) in [5.41, 5.74) is 2.18. The summed E-state index contributed by atoms with van der Waals surface area (Å²) in [5.74, 6) is 2.16. The molecule has 1 saturated carbocycles. The summed E-state index contributed by atoms with van der Waals surface area (Å²) < 4.78 is 12.0. The Labute approximate surface area is 210 Å². The van der Waals surface area contributed by atoms with Crippen molar-refractivity contribution in [3.05, 3.63) is 23.8 Å². The molecule has 0 unspecified atom stereocenters. The largest absolute Gasteiger partial charge is 0.474 e. The molecule has 194 valence electrons. The van der Waals surface area contributed by atoms with Crippen LogP contribution in [-0.2, 0) is 11.2 Å². The number of aromatic nitrogens is 3. The van der Waals surface area contributed by atoms with Crippen LogP contribution in [0.1, 0.15) is 90.4 Å². The van der Waals surface area contributed by atoms with Crippen molar-refractivity contribution in [3.8, 4) is 5.88 Å². The Morgan fingerprint density at radius 2 is 1.71 bits per heavy atom. The molecule has 7 nitrogen and oxygen atoms in total. The zero-order valence-electron chi connectivity index (χ0n) is 22.7. The molecule has 2 aliphatic rings. The van der Waals surface area contributed by atoms with E-state index in [1.807, 2.05) is 12.4 Å². The van der Waals surface area contributed by atoms with Crippen molar-refractivity contribution in [2.75, 3.05) is 20.8 Å². The van der Waals surface area contributed by atoms with Crippen LogP contribution < -0.4 is 4.74 Å². The summed E-state index contributed by atoms with van der Waals surface area (Å²) in [4.78, 5) is 17.1. The Morgan fingerprint density at radius 1 is 1.06 bits per heavy atom. The summed E-state index contributed by atoms with van der Waals surface area (Å²) in [5, 5.41) is 10.9. The summed E-state index contributed by atoms with van der Waals surface area (Å²) in [6.45, 7) is 12.0. The van der Waals surface area contributed by atoms with Gasteiger partial charge in [0.15, 0.2) is 0 Å².